The third-order valence-corrected chi connectivity index (χ3v) is 3.06. The van der Waals surface area contributed by atoms with Crippen molar-refractivity contribution >= 4 is 23.7 Å². The molecule has 0 aromatic heterocycles. The van der Waals surface area contributed by atoms with Gasteiger partial charge in [0.25, 0.3) is 0 Å². The largest absolute Gasteiger partial charge is 1.00 e. The van der Waals surface area contributed by atoms with Crippen LogP contribution in [0.1, 0.15) is 0 Å². The molecule has 0 saturated carbocycles. The molecule has 0 radical (unpaired) electrons. The van der Waals surface area contributed by atoms with Crippen molar-refractivity contribution in [2.24, 2.45) is 0 Å². The third-order valence-electron chi connectivity index (χ3n) is 1.80. The van der Waals surface area contributed by atoms with Gasteiger partial charge in [0.2, 0.25) is 5.37 Å². The number of carbonyl (C=O) groups is 2. The molecule has 1 heterocycles. The standard InChI is InChI=1S/C7H11NO4S.ClH/c1-11-6(9)4-3-13-5(8-4)7(10)12-2;/h4-5,8H,3H2,1-2H3;1H. The predicted molar refractivity (Wildman–Crippen MR) is 46.0 cm³/mol. The number of carbonyl (C=O) groups excluding carboxylic acids is 2. The molecule has 2 unspecified atom stereocenters. The number of quaternary nitrogens is 1. The summed E-state index contributed by atoms with van der Waals surface area (Å²) in [6.07, 6.45) is 0. The number of halogens is 1. The molecule has 1 fully saturated rings. The molecule has 82 valence electrons. The Morgan fingerprint density at radius 3 is 2.36 bits per heavy atom. The summed E-state index contributed by atoms with van der Waals surface area (Å²) in [5.41, 5.74) is 0. The minimum atomic E-state index is -0.325. The SMILES string of the molecule is COC(=O)C1CSC(C(=O)OC)[NH2+]1.[Cl-]. The van der Waals surface area contributed by atoms with Crippen molar-refractivity contribution in [3.8, 4) is 0 Å². The first-order valence-corrected chi connectivity index (χ1v) is 4.86. The van der Waals surface area contributed by atoms with Crippen LogP contribution in [0.25, 0.3) is 0 Å². The third kappa shape index (κ3) is 3.04. The van der Waals surface area contributed by atoms with Gasteiger partial charge in [0.1, 0.15) is 0 Å². The summed E-state index contributed by atoms with van der Waals surface area (Å²) in [6, 6.07) is -0.279. The molecule has 2 N–H and O–H groups in total. The summed E-state index contributed by atoms with van der Waals surface area (Å²) in [5.74, 6) is -0.0118. The molecule has 2 atom stereocenters. The number of thioether (sulfide) groups is 1. The number of rotatable bonds is 2. The fourth-order valence-corrected chi connectivity index (χ4v) is 2.29. The topological polar surface area (TPSA) is 69.2 Å². The highest BCUT2D eigenvalue weighted by atomic mass is 35.5. The van der Waals surface area contributed by atoms with Gasteiger partial charge in [-0.2, -0.15) is 0 Å². The van der Waals surface area contributed by atoms with Crippen LogP contribution in [0.4, 0.5) is 0 Å². The molecular formula is C7H12ClNO4S. The number of esters is 2. The van der Waals surface area contributed by atoms with Gasteiger partial charge in [-0.15, -0.1) is 0 Å². The second-order valence-electron chi connectivity index (χ2n) is 2.60. The second kappa shape index (κ2) is 6.10. The lowest BCUT2D eigenvalue weighted by Gasteiger charge is -2.06. The molecule has 7 heteroatoms. The Labute approximate surface area is 92.3 Å². The van der Waals surface area contributed by atoms with E-state index in [9.17, 15) is 9.59 Å². The molecule has 1 saturated heterocycles. The highest BCUT2D eigenvalue weighted by Gasteiger charge is 2.39. The van der Waals surface area contributed by atoms with Gasteiger partial charge >= 0.3 is 11.9 Å². The van der Waals surface area contributed by atoms with Crippen LogP contribution in [0.15, 0.2) is 0 Å². The minimum absolute atomic E-state index is 0. The van der Waals surface area contributed by atoms with Crippen LogP contribution in [0.3, 0.4) is 0 Å². The molecule has 0 bridgehead atoms. The maximum absolute atomic E-state index is 11.1. The summed E-state index contributed by atoms with van der Waals surface area (Å²) in [5, 5.41) is 1.34. The molecule has 0 aromatic carbocycles. The lowest BCUT2D eigenvalue weighted by molar-refractivity contribution is -0.670. The van der Waals surface area contributed by atoms with Crippen LogP contribution in [-0.2, 0) is 19.1 Å². The van der Waals surface area contributed by atoms with Crippen LogP contribution in [0.5, 0.6) is 0 Å². The van der Waals surface area contributed by atoms with E-state index < -0.39 is 0 Å². The normalized spacial score (nSPS) is 25.0. The molecule has 0 aromatic rings. The van der Waals surface area contributed by atoms with Crippen LogP contribution < -0.4 is 17.7 Å². The molecular weight excluding hydrogens is 230 g/mol. The van der Waals surface area contributed by atoms with Crippen molar-refractivity contribution in [2.75, 3.05) is 20.0 Å². The van der Waals surface area contributed by atoms with E-state index in [1.807, 2.05) is 0 Å². The van der Waals surface area contributed by atoms with Crippen molar-refractivity contribution < 1.29 is 36.8 Å². The fraction of sp³-hybridized carbons (Fsp3) is 0.714. The monoisotopic (exact) mass is 241 g/mol. The zero-order valence-electron chi connectivity index (χ0n) is 7.86. The summed E-state index contributed by atoms with van der Waals surface area (Å²) < 4.78 is 9.11. The highest BCUT2D eigenvalue weighted by Crippen LogP contribution is 2.13. The van der Waals surface area contributed by atoms with Gasteiger partial charge in [0, 0.05) is 0 Å². The Hall–Kier alpha value is -0.460. The van der Waals surface area contributed by atoms with E-state index in [0.717, 1.165) is 0 Å². The highest BCUT2D eigenvalue weighted by molar-refractivity contribution is 8.00. The van der Waals surface area contributed by atoms with E-state index in [0.29, 0.717) is 5.75 Å². The van der Waals surface area contributed by atoms with E-state index in [4.69, 9.17) is 0 Å². The summed E-state index contributed by atoms with van der Waals surface area (Å²) >= 11 is 1.40. The smallest absolute Gasteiger partial charge is 0.375 e. The average molecular weight is 242 g/mol. The maximum Gasteiger partial charge on any atom is 0.375 e. The van der Waals surface area contributed by atoms with E-state index in [1.54, 1.807) is 5.32 Å². The molecule has 1 aliphatic rings. The van der Waals surface area contributed by atoms with E-state index in [2.05, 4.69) is 9.47 Å². The minimum Gasteiger partial charge on any atom is -1.00 e. The van der Waals surface area contributed by atoms with Gasteiger partial charge in [-0.1, -0.05) is 11.8 Å². The van der Waals surface area contributed by atoms with Gasteiger partial charge in [-0.05, 0) is 0 Å². The number of ether oxygens (including phenoxy) is 2. The second-order valence-corrected chi connectivity index (χ2v) is 3.77. The zero-order chi connectivity index (χ0) is 9.84. The molecule has 0 spiro atoms. The van der Waals surface area contributed by atoms with Gasteiger partial charge in [0.15, 0.2) is 6.04 Å². The Balaban J connectivity index is 0.00000169. The summed E-state index contributed by atoms with van der Waals surface area (Å²) in [7, 11) is 2.68. The Kier molecular flexibility index (Phi) is 5.90. The first-order chi connectivity index (χ1) is 6.19. The molecule has 1 aliphatic heterocycles. The van der Waals surface area contributed by atoms with Crippen molar-refractivity contribution in [2.45, 2.75) is 11.4 Å². The molecule has 0 amide bonds. The number of nitrogens with two attached hydrogens (primary N) is 1. The van der Waals surface area contributed by atoms with Crippen LogP contribution in [0, 0.1) is 0 Å². The Bertz CT molecular complexity index is 204. The van der Waals surface area contributed by atoms with Gasteiger partial charge in [0.05, 0.1) is 20.0 Å². The van der Waals surface area contributed by atoms with E-state index in [1.165, 1.54) is 26.0 Å². The molecule has 0 aliphatic carbocycles. The van der Waals surface area contributed by atoms with Crippen LogP contribution in [0.2, 0.25) is 0 Å². The van der Waals surface area contributed by atoms with Gasteiger partial charge < -0.3 is 27.2 Å². The summed E-state index contributed by atoms with van der Waals surface area (Å²) in [4.78, 5) is 22.1. The average Bonchev–Trinajstić information content (AvgIpc) is 2.64. The first-order valence-electron chi connectivity index (χ1n) is 3.81. The van der Waals surface area contributed by atoms with E-state index in [-0.39, 0.29) is 35.8 Å². The summed E-state index contributed by atoms with van der Waals surface area (Å²) in [6.45, 7) is 0. The Morgan fingerprint density at radius 1 is 1.29 bits per heavy atom. The quantitative estimate of drug-likeness (QED) is 0.493. The van der Waals surface area contributed by atoms with Crippen molar-refractivity contribution in [3.63, 3.8) is 0 Å². The maximum atomic E-state index is 11.1. The first kappa shape index (κ1) is 13.5. The molecule has 5 nitrogen and oxygen atoms in total. The van der Waals surface area contributed by atoms with E-state index >= 15 is 0 Å². The van der Waals surface area contributed by atoms with Gasteiger partial charge in [-0.3, -0.25) is 0 Å². The fourth-order valence-electron chi connectivity index (χ4n) is 1.09. The van der Waals surface area contributed by atoms with Crippen LogP contribution >= 0.6 is 11.8 Å². The van der Waals surface area contributed by atoms with Crippen molar-refractivity contribution in [1.82, 2.24) is 0 Å². The number of methoxy groups -OCH3 is 2. The molecule has 1 rings (SSSR count). The predicted octanol–water partition coefficient (Wildman–Crippen LogP) is -4.66. The van der Waals surface area contributed by atoms with Crippen molar-refractivity contribution in [1.29, 1.82) is 0 Å². The number of hydrogen-bond donors (Lipinski definition) is 1. The van der Waals surface area contributed by atoms with Gasteiger partial charge in [-0.25, -0.2) is 9.59 Å². The molecule has 14 heavy (non-hydrogen) atoms. The zero-order valence-corrected chi connectivity index (χ0v) is 9.43. The lowest BCUT2D eigenvalue weighted by atomic mass is 10.3. The number of hydrogen-bond acceptors (Lipinski definition) is 5. The van der Waals surface area contributed by atoms with Crippen LogP contribution in [-0.4, -0.2) is 43.3 Å². The van der Waals surface area contributed by atoms with Crippen molar-refractivity contribution in [3.05, 3.63) is 0 Å². The Morgan fingerprint density at radius 2 is 1.86 bits per heavy atom. The lowest BCUT2D eigenvalue weighted by Crippen LogP contribution is -3.00.